The van der Waals surface area contributed by atoms with Crippen molar-refractivity contribution in [3.05, 3.63) is 45.7 Å². The van der Waals surface area contributed by atoms with E-state index in [4.69, 9.17) is 16.3 Å². The van der Waals surface area contributed by atoms with Gasteiger partial charge in [0.2, 0.25) is 0 Å². The molecule has 0 fully saturated rings. The number of aldehydes is 1. The first-order valence-electron chi connectivity index (χ1n) is 5.47. The van der Waals surface area contributed by atoms with E-state index in [1.807, 2.05) is 13.0 Å². The molecule has 94 valence electrons. The van der Waals surface area contributed by atoms with Crippen molar-refractivity contribution in [3.63, 3.8) is 0 Å². The fourth-order valence-corrected chi connectivity index (χ4v) is 2.04. The van der Waals surface area contributed by atoms with Crippen LogP contribution in [0, 0.1) is 6.92 Å². The molecule has 1 aromatic carbocycles. The van der Waals surface area contributed by atoms with Crippen LogP contribution in [0.1, 0.15) is 27.3 Å². The maximum atomic E-state index is 11.0. The first kappa shape index (κ1) is 12.6. The second-order valence-corrected chi connectivity index (χ2v) is 4.40. The van der Waals surface area contributed by atoms with Crippen LogP contribution in [0.5, 0.6) is 5.75 Å². The molecule has 0 atom stereocenters. The minimum atomic E-state index is 0.502. The molecule has 0 unspecified atom stereocenters. The molecule has 4 nitrogen and oxygen atoms in total. The van der Waals surface area contributed by atoms with Crippen LogP contribution in [-0.2, 0) is 6.42 Å². The Bertz CT molecular complexity index is 578. The van der Waals surface area contributed by atoms with Crippen molar-refractivity contribution in [2.75, 3.05) is 7.11 Å². The van der Waals surface area contributed by atoms with Crippen molar-refractivity contribution in [2.24, 2.45) is 0 Å². The molecule has 1 N–H and O–H groups in total. The molecule has 18 heavy (non-hydrogen) atoms. The monoisotopic (exact) mass is 264 g/mol. The van der Waals surface area contributed by atoms with Crippen molar-refractivity contribution in [1.82, 2.24) is 10.2 Å². The van der Waals surface area contributed by atoms with E-state index in [9.17, 15) is 4.79 Å². The largest absolute Gasteiger partial charge is 0.496 e. The predicted octanol–water partition coefficient (Wildman–Crippen LogP) is 2.78. The SMILES string of the molecule is COc1ccc(Cl)cc1Cc1n[nH]c(C)c1C=O. The normalized spacial score (nSPS) is 10.4. The molecule has 0 aliphatic heterocycles. The van der Waals surface area contributed by atoms with Crippen LogP contribution in [0.25, 0.3) is 0 Å². The van der Waals surface area contributed by atoms with Gasteiger partial charge in [0, 0.05) is 22.7 Å². The Morgan fingerprint density at radius 3 is 2.94 bits per heavy atom. The van der Waals surface area contributed by atoms with E-state index in [1.54, 1.807) is 19.2 Å². The molecule has 5 heteroatoms. The highest BCUT2D eigenvalue weighted by Gasteiger charge is 2.12. The summed E-state index contributed by atoms with van der Waals surface area (Å²) in [6, 6.07) is 5.39. The Morgan fingerprint density at radius 2 is 2.28 bits per heavy atom. The number of nitrogens with one attached hydrogen (secondary N) is 1. The van der Waals surface area contributed by atoms with Crippen LogP contribution in [-0.4, -0.2) is 23.6 Å². The van der Waals surface area contributed by atoms with Crippen LogP contribution in [0.3, 0.4) is 0 Å². The van der Waals surface area contributed by atoms with Crippen molar-refractivity contribution >= 4 is 17.9 Å². The smallest absolute Gasteiger partial charge is 0.153 e. The number of methoxy groups -OCH3 is 1. The third kappa shape index (κ3) is 2.38. The number of carbonyl (C=O) groups excluding carboxylic acids is 1. The molecule has 1 heterocycles. The van der Waals surface area contributed by atoms with E-state index in [2.05, 4.69) is 10.2 Å². The lowest BCUT2D eigenvalue weighted by molar-refractivity contribution is 0.112. The molecule has 0 saturated carbocycles. The zero-order valence-electron chi connectivity index (χ0n) is 10.2. The zero-order valence-corrected chi connectivity index (χ0v) is 10.9. The average molecular weight is 265 g/mol. The Balaban J connectivity index is 2.38. The maximum absolute atomic E-state index is 11.0. The van der Waals surface area contributed by atoms with Gasteiger partial charge in [-0.2, -0.15) is 5.10 Å². The van der Waals surface area contributed by atoms with E-state index in [-0.39, 0.29) is 0 Å². The van der Waals surface area contributed by atoms with Gasteiger partial charge in [0.05, 0.1) is 18.4 Å². The second kappa shape index (κ2) is 5.23. The van der Waals surface area contributed by atoms with Gasteiger partial charge >= 0.3 is 0 Å². The molecule has 2 rings (SSSR count). The molecule has 0 saturated heterocycles. The van der Waals surface area contributed by atoms with Crippen LogP contribution in [0.4, 0.5) is 0 Å². The Hall–Kier alpha value is -1.81. The number of hydrogen-bond donors (Lipinski definition) is 1. The number of ether oxygens (including phenoxy) is 1. The second-order valence-electron chi connectivity index (χ2n) is 3.96. The summed E-state index contributed by atoms with van der Waals surface area (Å²) in [6.45, 7) is 1.81. The van der Waals surface area contributed by atoms with Gasteiger partial charge in [0.25, 0.3) is 0 Å². The third-order valence-corrected chi connectivity index (χ3v) is 3.03. The number of aryl methyl sites for hydroxylation is 1. The van der Waals surface area contributed by atoms with Crippen molar-refractivity contribution in [1.29, 1.82) is 0 Å². The minimum absolute atomic E-state index is 0.502. The molecule has 1 aromatic heterocycles. The minimum Gasteiger partial charge on any atom is -0.496 e. The number of halogens is 1. The lowest BCUT2D eigenvalue weighted by atomic mass is 10.1. The van der Waals surface area contributed by atoms with Crippen LogP contribution in [0.15, 0.2) is 18.2 Å². The summed E-state index contributed by atoms with van der Waals surface area (Å²) in [5.74, 6) is 0.733. The maximum Gasteiger partial charge on any atom is 0.153 e. The van der Waals surface area contributed by atoms with Gasteiger partial charge in [-0.15, -0.1) is 0 Å². The quantitative estimate of drug-likeness (QED) is 0.864. The lowest BCUT2D eigenvalue weighted by Crippen LogP contribution is -1.97. The van der Waals surface area contributed by atoms with Crippen molar-refractivity contribution in [2.45, 2.75) is 13.3 Å². The Morgan fingerprint density at radius 1 is 1.50 bits per heavy atom. The fourth-order valence-electron chi connectivity index (χ4n) is 1.85. The highest BCUT2D eigenvalue weighted by atomic mass is 35.5. The number of hydrogen-bond acceptors (Lipinski definition) is 3. The molecule has 0 aliphatic carbocycles. The van der Waals surface area contributed by atoms with Gasteiger partial charge in [-0.1, -0.05) is 11.6 Å². The highest BCUT2D eigenvalue weighted by molar-refractivity contribution is 6.30. The highest BCUT2D eigenvalue weighted by Crippen LogP contribution is 2.25. The lowest BCUT2D eigenvalue weighted by Gasteiger charge is -2.07. The van der Waals surface area contributed by atoms with Crippen molar-refractivity contribution in [3.8, 4) is 5.75 Å². The first-order valence-corrected chi connectivity index (χ1v) is 5.85. The number of aromatic amines is 1. The Kier molecular flexibility index (Phi) is 3.67. The molecular formula is C13H13ClN2O2. The Labute approximate surface area is 110 Å². The average Bonchev–Trinajstić information content (AvgIpc) is 2.70. The molecule has 0 amide bonds. The van der Waals surface area contributed by atoms with E-state index < -0.39 is 0 Å². The number of aromatic nitrogens is 2. The molecular weight excluding hydrogens is 252 g/mol. The number of carbonyl (C=O) groups is 1. The first-order chi connectivity index (χ1) is 8.65. The number of benzene rings is 1. The van der Waals surface area contributed by atoms with E-state index >= 15 is 0 Å². The summed E-state index contributed by atoms with van der Waals surface area (Å²) in [4.78, 5) is 11.0. The number of rotatable bonds is 4. The predicted molar refractivity (Wildman–Crippen MR) is 69.5 cm³/mol. The van der Waals surface area contributed by atoms with E-state index in [0.717, 1.165) is 23.3 Å². The molecule has 0 radical (unpaired) electrons. The van der Waals surface area contributed by atoms with Crippen LogP contribution in [0.2, 0.25) is 5.02 Å². The summed E-state index contributed by atoms with van der Waals surface area (Å²) < 4.78 is 5.27. The summed E-state index contributed by atoms with van der Waals surface area (Å²) >= 11 is 5.97. The van der Waals surface area contributed by atoms with Crippen molar-refractivity contribution < 1.29 is 9.53 Å². The summed E-state index contributed by atoms with van der Waals surface area (Å²) in [6.07, 6.45) is 1.31. The summed E-state index contributed by atoms with van der Waals surface area (Å²) in [5.41, 5.74) is 2.96. The van der Waals surface area contributed by atoms with Gasteiger partial charge in [0.1, 0.15) is 5.75 Å². The molecule has 0 spiro atoms. The van der Waals surface area contributed by atoms with E-state index in [1.165, 1.54) is 0 Å². The molecule has 0 aliphatic rings. The van der Waals surface area contributed by atoms with Gasteiger partial charge in [-0.25, -0.2) is 0 Å². The topological polar surface area (TPSA) is 55.0 Å². The van der Waals surface area contributed by atoms with Gasteiger partial charge in [-0.3, -0.25) is 9.89 Å². The van der Waals surface area contributed by atoms with Crippen LogP contribution >= 0.6 is 11.6 Å². The summed E-state index contributed by atoms with van der Waals surface area (Å²) in [7, 11) is 1.60. The molecule has 0 bridgehead atoms. The number of nitrogens with zero attached hydrogens (tertiary/aromatic N) is 1. The third-order valence-electron chi connectivity index (χ3n) is 2.79. The summed E-state index contributed by atoms with van der Waals surface area (Å²) in [5, 5.41) is 7.57. The standard InChI is InChI=1S/C13H13ClN2O2/c1-8-11(7-17)12(16-15-8)6-9-5-10(14)3-4-13(9)18-2/h3-5,7H,6H2,1-2H3,(H,15,16). The fraction of sp³-hybridized carbons (Fsp3) is 0.231. The van der Waals surface area contributed by atoms with E-state index in [0.29, 0.717) is 22.7 Å². The number of H-pyrrole nitrogens is 1. The molecule has 2 aromatic rings. The van der Waals surface area contributed by atoms with Gasteiger partial charge in [0.15, 0.2) is 6.29 Å². The van der Waals surface area contributed by atoms with Crippen LogP contribution < -0.4 is 4.74 Å². The van der Waals surface area contributed by atoms with Gasteiger partial charge in [-0.05, 0) is 25.1 Å². The zero-order chi connectivity index (χ0) is 13.1. The van der Waals surface area contributed by atoms with Gasteiger partial charge < -0.3 is 4.74 Å².